The standard InChI is InChI=1S/C21H23N3O3S.ClH/c1-14-4-6-16-19(10-14)28-21(22-16)24(9-8-23(2)3)20(25)12-15-5-7-17-18(11-15)27-13-26-17;/h4-7,10-11H,8-9,12-13H2,1-3H3;1H. The van der Waals surface area contributed by atoms with Gasteiger partial charge < -0.3 is 14.4 Å². The third-order valence-corrected chi connectivity index (χ3v) is 5.67. The lowest BCUT2D eigenvalue weighted by molar-refractivity contribution is -0.118. The van der Waals surface area contributed by atoms with E-state index in [1.165, 1.54) is 5.56 Å². The van der Waals surface area contributed by atoms with Gasteiger partial charge in [0.05, 0.1) is 16.6 Å². The number of hydrogen-bond donors (Lipinski definition) is 0. The summed E-state index contributed by atoms with van der Waals surface area (Å²) < 4.78 is 11.9. The zero-order valence-corrected chi connectivity index (χ0v) is 18.3. The molecule has 3 aromatic rings. The maximum Gasteiger partial charge on any atom is 0.233 e. The summed E-state index contributed by atoms with van der Waals surface area (Å²) in [7, 11) is 4.00. The van der Waals surface area contributed by atoms with Crippen molar-refractivity contribution in [2.45, 2.75) is 13.3 Å². The van der Waals surface area contributed by atoms with Crippen LogP contribution < -0.4 is 14.4 Å². The molecule has 1 aliphatic rings. The summed E-state index contributed by atoms with van der Waals surface area (Å²) in [6.07, 6.45) is 0.291. The average Bonchev–Trinajstić information content (AvgIpc) is 3.27. The van der Waals surface area contributed by atoms with Crippen molar-refractivity contribution in [2.24, 2.45) is 0 Å². The van der Waals surface area contributed by atoms with Crippen molar-refractivity contribution >= 4 is 45.0 Å². The molecule has 8 heteroatoms. The lowest BCUT2D eigenvalue weighted by Gasteiger charge is -2.22. The van der Waals surface area contributed by atoms with E-state index in [1.54, 1.807) is 16.2 Å². The van der Waals surface area contributed by atoms with E-state index in [-0.39, 0.29) is 25.1 Å². The number of carbonyl (C=O) groups excluding carboxylic acids is 1. The SMILES string of the molecule is Cc1ccc2nc(N(CCN(C)C)C(=O)Cc3ccc4c(c3)OCO4)sc2c1.Cl. The Hall–Kier alpha value is -2.35. The van der Waals surface area contributed by atoms with Crippen LogP contribution in [0.3, 0.4) is 0 Å². The van der Waals surface area contributed by atoms with Gasteiger partial charge >= 0.3 is 0 Å². The number of aromatic nitrogens is 1. The van der Waals surface area contributed by atoms with Crippen LogP contribution in [0.4, 0.5) is 5.13 Å². The number of thiazole rings is 1. The molecule has 0 fully saturated rings. The summed E-state index contributed by atoms with van der Waals surface area (Å²) in [4.78, 5) is 21.7. The first-order chi connectivity index (χ1) is 13.5. The fourth-order valence-electron chi connectivity index (χ4n) is 3.08. The predicted octanol–water partition coefficient (Wildman–Crippen LogP) is 3.89. The molecule has 0 N–H and O–H groups in total. The van der Waals surface area contributed by atoms with Gasteiger partial charge in [-0.2, -0.15) is 0 Å². The average molecular weight is 434 g/mol. The van der Waals surface area contributed by atoms with E-state index in [9.17, 15) is 4.79 Å². The Morgan fingerprint density at radius 1 is 1.10 bits per heavy atom. The van der Waals surface area contributed by atoms with Crippen LogP contribution in [0.25, 0.3) is 10.2 Å². The van der Waals surface area contributed by atoms with Crippen LogP contribution in [-0.4, -0.2) is 49.8 Å². The molecule has 0 atom stereocenters. The van der Waals surface area contributed by atoms with Crippen molar-refractivity contribution in [2.75, 3.05) is 38.9 Å². The van der Waals surface area contributed by atoms with Gasteiger partial charge in [-0.25, -0.2) is 4.98 Å². The lowest BCUT2D eigenvalue weighted by atomic mass is 10.1. The smallest absolute Gasteiger partial charge is 0.233 e. The number of hydrogen-bond acceptors (Lipinski definition) is 6. The van der Waals surface area contributed by atoms with Crippen molar-refractivity contribution in [3.8, 4) is 11.5 Å². The van der Waals surface area contributed by atoms with Crippen LogP contribution >= 0.6 is 23.7 Å². The fourth-order valence-corrected chi connectivity index (χ4v) is 4.19. The predicted molar refractivity (Wildman–Crippen MR) is 119 cm³/mol. The van der Waals surface area contributed by atoms with Crippen LogP contribution in [-0.2, 0) is 11.2 Å². The van der Waals surface area contributed by atoms with Crippen LogP contribution in [0.2, 0.25) is 0 Å². The van der Waals surface area contributed by atoms with Crippen LogP contribution in [0.15, 0.2) is 36.4 Å². The van der Waals surface area contributed by atoms with Crippen molar-refractivity contribution in [1.29, 1.82) is 0 Å². The Kier molecular flexibility index (Phi) is 6.62. The van der Waals surface area contributed by atoms with Gasteiger partial charge in [0.15, 0.2) is 16.6 Å². The maximum absolute atomic E-state index is 13.2. The van der Waals surface area contributed by atoms with Crippen molar-refractivity contribution in [1.82, 2.24) is 9.88 Å². The number of halogens is 1. The Morgan fingerprint density at radius 3 is 2.69 bits per heavy atom. The molecule has 29 heavy (non-hydrogen) atoms. The molecule has 6 nitrogen and oxygen atoms in total. The number of fused-ring (bicyclic) bond motifs is 2. The summed E-state index contributed by atoms with van der Waals surface area (Å²) in [5, 5.41) is 0.744. The van der Waals surface area contributed by atoms with Gasteiger partial charge in [0.2, 0.25) is 12.7 Å². The minimum Gasteiger partial charge on any atom is -0.454 e. The second kappa shape index (κ2) is 8.98. The third kappa shape index (κ3) is 4.80. The third-order valence-electron chi connectivity index (χ3n) is 4.63. The van der Waals surface area contributed by atoms with Crippen LogP contribution in [0.5, 0.6) is 11.5 Å². The number of benzene rings is 2. The first-order valence-electron chi connectivity index (χ1n) is 9.20. The molecule has 154 valence electrons. The van der Waals surface area contributed by atoms with E-state index in [4.69, 9.17) is 14.5 Å². The summed E-state index contributed by atoms with van der Waals surface area (Å²) in [5.74, 6) is 1.44. The van der Waals surface area contributed by atoms with E-state index in [0.29, 0.717) is 18.7 Å². The van der Waals surface area contributed by atoms with Crippen molar-refractivity contribution in [3.05, 3.63) is 47.5 Å². The van der Waals surface area contributed by atoms with E-state index in [0.717, 1.165) is 33.2 Å². The van der Waals surface area contributed by atoms with Crippen LogP contribution in [0.1, 0.15) is 11.1 Å². The summed E-state index contributed by atoms with van der Waals surface area (Å²) in [6, 6.07) is 11.8. The second-order valence-corrected chi connectivity index (χ2v) is 8.19. The molecule has 0 spiro atoms. The Labute approximate surface area is 180 Å². The molecule has 4 rings (SSSR count). The summed E-state index contributed by atoms with van der Waals surface area (Å²) in [6.45, 7) is 3.65. The number of carbonyl (C=O) groups is 1. The normalized spacial score (nSPS) is 12.3. The molecule has 0 saturated carbocycles. The van der Waals surface area contributed by atoms with Gasteiger partial charge in [-0.1, -0.05) is 23.5 Å². The molecule has 1 amide bonds. The van der Waals surface area contributed by atoms with Gasteiger partial charge in [-0.15, -0.1) is 12.4 Å². The molecule has 2 aromatic carbocycles. The van der Waals surface area contributed by atoms with Crippen LogP contribution in [0, 0.1) is 6.92 Å². The number of amides is 1. The Balaban J connectivity index is 0.00000240. The molecule has 1 aromatic heterocycles. The molecular formula is C21H24ClN3O3S. The molecule has 0 bridgehead atoms. The van der Waals surface area contributed by atoms with Gasteiger partial charge in [-0.3, -0.25) is 9.69 Å². The zero-order chi connectivity index (χ0) is 19.7. The molecule has 2 heterocycles. The van der Waals surface area contributed by atoms with Gasteiger partial charge in [0, 0.05) is 13.1 Å². The fraction of sp³-hybridized carbons (Fsp3) is 0.333. The van der Waals surface area contributed by atoms with Gasteiger partial charge in [-0.05, 0) is 56.4 Å². The lowest BCUT2D eigenvalue weighted by Crippen LogP contribution is -2.37. The topological polar surface area (TPSA) is 54.9 Å². The molecule has 0 radical (unpaired) electrons. The highest BCUT2D eigenvalue weighted by atomic mass is 35.5. The maximum atomic E-state index is 13.2. The first-order valence-corrected chi connectivity index (χ1v) is 10.0. The quantitative estimate of drug-likeness (QED) is 0.590. The van der Waals surface area contributed by atoms with E-state index in [1.807, 2.05) is 44.4 Å². The Bertz CT molecular complexity index is 1020. The minimum atomic E-state index is 0. The van der Waals surface area contributed by atoms with E-state index < -0.39 is 0 Å². The highest BCUT2D eigenvalue weighted by Crippen LogP contribution is 2.33. The first kappa shape index (κ1) is 21.4. The molecule has 0 aliphatic carbocycles. The van der Waals surface area contributed by atoms with Gasteiger partial charge in [0.25, 0.3) is 0 Å². The zero-order valence-electron chi connectivity index (χ0n) is 16.7. The second-order valence-electron chi connectivity index (χ2n) is 7.18. The number of ether oxygens (including phenoxy) is 2. The summed E-state index contributed by atoms with van der Waals surface area (Å²) >= 11 is 1.56. The molecule has 0 saturated heterocycles. The monoisotopic (exact) mass is 433 g/mol. The molecule has 0 unspecified atom stereocenters. The number of likely N-dealkylation sites (N-methyl/N-ethyl adjacent to an activating group) is 1. The number of anilines is 1. The number of nitrogens with zero attached hydrogens (tertiary/aromatic N) is 3. The number of rotatable bonds is 6. The van der Waals surface area contributed by atoms with Gasteiger partial charge in [0.1, 0.15) is 0 Å². The van der Waals surface area contributed by atoms with Crippen molar-refractivity contribution < 1.29 is 14.3 Å². The highest BCUT2D eigenvalue weighted by molar-refractivity contribution is 7.22. The minimum absolute atomic E-state index is 0. The van der Waals surface area contributed by atoms with E-state index >= 15 is 0 Å². The largest absolute Gasteiger partial charge is 0.454 e. The van der Waals surface area contributed by atoms with Crippen molar-refractivity contribution in [3.63, 3.8) is 0 Å². The molecular weight excluding hydrogens is 410 g/mol. The summed E-state index contributed by atoms with van der Waals surface area (Å²) in [5.41, 5.74) is 3.02. The molecule has 1 aliphatic heterocycles. The van der Waals surface area contributed by atoms with E-state index in [2.05, 4.69) is 17.9 Å². The Morgan fingerprint density at radius 2 is 1.90 bits per heavy atom. The highest BCUT2D eigenvalue weighted by Gasteiger charge is 2.21. The number of aryl methyl sites for hydroxylation is 1.